The maximum absolute atomic E-state index is 13.2. The number of rotatable bonds is 4. The average Bonchev–Trinajstić information content (AvgIpc) is 3.36. The van der Waals surface area contributed by atoms with Crippen molar-refractivity contribution < 1.29 is 9.18 Å². The zero-order chi connectivity index (χ0) is 16.7. The van der Waals surface area contributed by atoms with Gasteiger partial charge >= 0.3 is 0 Å². The summed E-state index contributed by atoms with van der Waals surface area (Å²) in [5, 5.41) is 3.28. The van der Waals surface area contributed by atoms with Crippen LogP contribution in [0.5, 0.6) is 0 Å². The lowest BCUT2D eigenvalue weighted by molar-refractivity contribution is -0.123. The van der Waals surface area contributed by atoms with E-state index >= 15 is 0 Å². The molecule has 124 valence electrons. The summed E-state index contributed by atoms with van der Waals surface area (Å²) < 4.78 is 13.2. The third-order valence-electron chi connectivity index (χ3n) is 5.52. The van der Waals surface area contributed by atoms with Crippen LogP contribution in [0.25, 0.3) is 0 Å². The summed E-state index contributed by atoms with van der Waals surface area (Å²) in [5.74, 6) is 0.414. The van der Waals surface area contributed by atoms with E-state index in [1.807, 2.05) is 0 Å². The van der Waals surface area contributed by atoms with E-state index in [9.17, 15) is 9.18 Å². The summed E-state index contributed by atoms with van der Waals surface area (Å²) in [6, 6.07) is 15.0. The highest BCUT2D eigenvalue weighted by molar-refractivity contribution is 5.85. The fourth-order valence-electron chi connectivity index (χ4n) is 3.98. The van der Waals surface area contributed by atoms with Crippen LogP contribution in [0.3, 0.4) is 0 Å². The van der Waals surface area contributed by atoms with Crippen LogP contribution in [0.1, 0.15) is 48.3 Å². The Labute approximate surface area is 142 Å². The summed E-state index contributed by atoms with van der Waals surface area (Å²) in [6.45, 7) is 2.18. The molecular weight excluding hydrogens is 301 g/mol. The highest BCUT2D eigenvalue weighted by atomic mass is 19.1. The number of hydrogen-bond acceptors (Lipinski definition) is 1. The van der Waals surface area contributed by atoms with Crippen molar-refractivity contribution in [2.24, 2.45) is 5.92 Å². The highest BCUT2D eigenvalue weighted by Gasteiger charge is 2.39. The van der Waals surface area contributed by atoms with Crippen LogP contribution in [-0.2, 0) is 11.2 Å². The Kier molecular flexibility index (Phi) is 3.87. The molecule has 0 radical (unpaired) electrons. The molecule has 0 aromatic heterocycles. The molecule has 1 amide bonds. The molecule has 1 N–H and O–H groups in total. The molecule has 2 aromatic rings. The van der Waals surface area contributed by atoms with Gasteiger partial charge in [0.25, 0.3) is 0 Å². The van der Waals surface area contributed by atoms with Crippen molar-refractivity contribution in [2.75, 3.05) is 0 Å². The largest absolute Gasteiger partial charge is 0.352 e. The van der Waals surface area contributed by atoms with Crippen molar-refractivity contribution in [1.82, 2.24) is 5.32 Å². The summed E-state index contributed by atoms with van der Waals surface area (Å²) in [4.78, 5) is 13.0. The Balaban J connectivity index is 1.52. The second kappa shape index (κ2) is 6.04. The fraction of sp³-hybridized carbons (Fsp3) is 0.381. The minimum absolute atomic E-state index is 0.0914. The lowest BCUT2D eigenvalue weighted by Crippen LogP contribution is -2.40. The molecule has 2 aromatic carbocycles. The monoisotopic (exact) mass is 323 g/mol. The summed E-state index contributed by atoms with van der Waals surface area (Å²) in [7, 11) is 0. The van der Waals surface area contributed by atoms with Gasteiger partial charge in [0, 0.05) is 12.0 Å². The molecule has 24 heavy (non-hydrogen) atoms. The molecule has 0 heterocycles. The topological polar surface area (TPSA) is 29.1 Å². The summed E-state index contributed by atoms with van der Waals surface area (Å²) in [5.41, 5.74) is 3.60. The second-order valence-corrected chi connectivity index (χ2v) is 7.17. The molecule has 3 heteroatoms. The van der Waals surface area contributed by atoms with E-state index in [1.165, 1.54) is 23.3 Å². The first-order valence-corrected chi connectivity index (χ1v) is 8.77. The van der Waals surface area contributed by atoms with E-state index in [4.69, 9.17) is 0 Å². The first kappa shape index (κ1) is 15.4. The van der Waals surface area contributed by atoms with Gasteiger partial charge in [-0.2, -0.15) is 0 Å². The Morgan fingerprint density at radius 2 is 1.83 bits per heavy atom. The van der Waals surface area contributed by atoms with Crippen molar-refractivity contribution in [3.63, 3.8) is 0 Å². The van der Waals surface area contributed by atoms with E-state index in [1.54, 1.807) is 12.1 Å². The zero-order valence-corrected chi connectivity index (χ0v) is 13.8. The Morgan fingerprint density at radius 1 is 1.12 bits per heavy atom. The number of amides is 1. The van der Waals surface area contributed by atoms with Gasteiger partial charge in [-0.3, -0.25) is 4.79 Å². The van der Waals surface area contributed by atoms with E-state index < -0.39 is 0 Å². The summed E-state index contributed by atoms with van der Waals surface area (Å²) >= 11 is 0. The molecule has 0 saturated heterocycles. The maximum Gasteiger partial charge on any atom is 0.228 e. The number of carbonyl (C=O) groups is 1. The number of hydrogen-bond donors (Lipinski definition) is 1. The molecule has 1 fully saturated rings. The van der Waals surface area contributed by atoms with Gasteiger partial charge in [-0.15, -0.1) is 0 Å². The normalized spacial score (nSPS) is 23.6. The number of benzene rings is 2. The molecule has 0 aliphatic heterocycles. The van der Waals surface area contributed by atoms with Gasteiger partial charge < -0.3 is 5.32 Å². The van der Waals surface area contributed by atoms with Gasteiger partial charge in [0.05, 0.1) is 5.92 Å². The van der Waals surface area contributed by atoms with Crippen molar-refractivity contribution in [3.05, 3.63) is 71.0 Å². The lowest BCUT2D eigenvalue weighted by Gasteiger charge is -2.23. The predicted octanol–water partition coefficient (Wildman–Crippen LogP) is 4.16. The molecule has 0 bridgehead atoms. The van der Waals surface area contributed by atoms with Crippen molar-refractivity contribution in [2.45, 2.75) is 44.1 Å². The van der Waals surface area contributed by atoms with Gasteiger partial charge in [-0.1, -0.05) is 43.3 Å². The minimum atomic E-state index is -0.256. The van der Waals surface area contributed by atoms with Crippen LogP contribution in [-0.4, -0.2) is 11.9 Å². The van der Waals surface area contributed by atoms with Gasteiger partial charge in [-0.05, 0) is 54.0 Å². The number of halogens is 1. The SMILES string of the molecule is C[C@H]1c2ccccc2C[C@@H]1NC(=O)C(c1ccc(F)cc1)C1CC1. The molecule has 1 unspecified atom stereocenters. The van der Waals surface area contributed by atoms with Crippen LogP contribution in [0.2, 0.25) is 0 Å². The molecule has 2 aliphatic rings. The van der Waals surface area contributed by atoms with Crippen LogP contribution in [0.15, 0.2) is 48.5 Å². The second-order valence-electron chi connectivity index (χ2n) is 7.17. The Bertz CT molecular complexity index is 751. The fourth-order valence-corrected chi connectivity index (χ4v) is 3.98. The van der Waals surface area contributed by atoms with Gasteiger partial charge in [0.15, 0.2) is 0 Å². The molecular formula is C21H22FNO. The van der Waals surface area contributed by atoms with Crippen molar-refractivity contribution in [1.29, 1.82) is 0 Å². The molecule has 4 rings (SSSR count). The van der Waals surface area contributed by atoms with Gasteiger partial charge in [0.1, 0.15) is 5.82 Å². The Hall–Kier alpha value is -2.16. The Morgan fingerprint density at radius 3 is 2.50 bits per heavy atom. The van der Waals surface area contributed by atoms with Gasteiger partial charge in [0.2, 0.25) is 5.91 Å². The van der Waals surface area contributed by atoms with E-state index in [0.717, 1.165) is 24.8 Å². The summed E-state index contributed by atoms with van der Waals surface area (Å²) in [6.07, 6.45) is 3.05. The van der Waals surface area contributed by atoms with Crippen LogP contribution < -0.4 is 5.32 Å². The molecule has 2 nitrogen and oxygen atoms in total. The average molecular weight is 323 g/mol. The standard InChI is InChI=1S/C21H22FNO/c1-13-18-5-3-2-4-16(18)12-19(13)23-21(24)20(14-6-7-14)15-8-10-17(22)11-9-15/h2-5,8-11,13-14,19-20H,6-7,12H2,1H3,(H,23,24)/t13-,19-,20?/m0/s1. The molecule has 2 aliphatic carbocycles. The first-order chi connectivity index (χ1) is 11.6. The van der Waals surface area contributed by atoms with Crippen molar-refractivity contribution in [3.8, 4) is 0 Å². The van der Waals surface area contributed by atoms with Crippen LogP contribution in [0.4, 0.5) is 4.39 Å². The van der Waals surface area contributed by atoms with E-state index in [-0.39, 0.29) is 23.7 Å². The van der Waals surface area contributed by atoms with Crippen LogP contribution in [0, 0.1) is 11.7 Å². The van der Waals surface area contributed by atoms with E-state index in [2.05, 4.69) is 36.5 Å². The third kappa shape index (κ3) is 2.83. The smallest absolute Gasteiger partial charge is 0.228 e. The zero-order valence-electron chi connectivity index (χ0n) is 13.8. The first-order valence-electron chi connectivity index (χ1n) is 8.77. The van der Waals surface area contributed by atoms with Crippen LogP contribution >= 0.6 is 0 Å². The van der Waals surface area contributed by atoms with Gasteiger partial charge in [-0.25, -0.2) is 4.39 Å². The lowest BCUT2D eigenvalue weighted by atomic mass is 9.92. The van der Waals surface area contributed by atoms with E-state index in [0.29, 0.717) is 11.8 Å². The minimum Gasteiger partial charge on any atom is -0.352 e. The quantitative estimate of drug-likeness (QED) is 0.899. The number of fused-ring (bicyclic) bond motifs is 1. The third-order valence-corrected chi connectivity index (χ3v) is 5.52. The molecule has 1 saturated carbocycles. The molecule has 0 spiro atoms. The van der Waals surface area contributed by atoms with Crippen molar-refractivity contribution >= 4 is 5.91 Å². The predicted molar refractivity (Wildman–Crippen MR) is 92.4 cm³/mol. The molecule has 3 atom stereocenters. The highest BCUT2D eigenvalue weighted by Crippen LogP contribution is 2.43. The maximum atomic E-state index is 13.2. The number of carbonyl (C=O) groups excluding carboxylic acids is 1. The number of nitrogens with one attached hydrogen (secondary N) is 1.